The van der Waals surface area contributed by atoms with Crippen LogP contribution in [0.15, 0.2) is 32.8 Å². The third-order valence-electron chi connectivity index (χ3n) is 3.60. The number of thioether (sulfide) groups is 1. The highest BCUT2D eigenvalue weighted by atomic mass is 32.2. The summed E-state index contributed by atoms with van der Waals surface area (Å²) in [4.78, 5) is 31.1. The minimum Gasteiger partial charge on any atom is -0.355 e. The van der Waals surface area contributed by atoms with Crippen molar-refractivity contribution >= 4 is 50.6 Å². The number of carbonyl (C=O) groups excluding carboxylic acids is 1. The molecule has 0 fully saturated rings. The van der Waals surface area contributed by atoms with Gasteiger partial charge in [-0.05, 0) is 17.4 Å². The van der Waals surface area contributed by atoms with Crippen molar-refractivity contribution in [3.05, 3.63) is 33.2 Å². The Kier molecular flexibility index (Phi) is 5.61. The van der Waals surface area contributed by atoms with Crippen LogP contribution < -0.4 is 10.9 Å². The Bertz CT molecular complexity index is 942. The molecule has 0 saturated heterocycles. The number of hydrogen-bond donors (Lipinski definition) is 1. The number of nitrogens with one attached hydrogen (secondary N) is 1. The fraction of sp³-hybridized carbons (Fsp3) is 0.353. The zero-order valence-corrected chi connectivity index (χ0v) is 16.7. The van der Waals surface area contributed by atoms with Gasteiger partial charge in [0.25, 0.3) is 5.56 Å². The lowest BCUT2D eigenvalue weighted by atomic mass is 10.2. The van der Waals surface area contributed by atoms with Gasteiger partial charge in [0.1, 0.15) is 4.83 Å². The topological polar surface area (TPSA) is 64.0 Å². The lowest BCUT2D eigenvalue weighted by molar-refractivity contribution is -0.118. The van der Waals surface area contributed by atoms with Gasteiger partial charge in [0.15, 0.2) is 5.16 Å². The second kappa shape index (κ2) is 7.72. The van der Waals surface area contributed by atoms with Gasteiger partial charge in [-0.3, -0.25) is 14.2 Å². The third-order valence-corrected chi connectivity index (χ3v) is 6.41. The van der Waals surface area contributed by atoms with E-state index in [0.717, 1.165) is 15.3 Å². The molecular weight excluding hydrogens is 374 g/mol. The van der Waals surface area contributed by atoms with Crippen LogP contribution in [0.25, 0.3) is 20.7 Å². The van der Waals surface area contributed by atoms with Gasteiger partial charge in [-0.25, -0.2) is 4.98 Å². The van der Waals surface area contributed by atoms with Crippen molar-refractivity contribution < 1.29 is 4.79 Å². The molecule has 5 nitrogen and oxygen atoms in total. The highest BCUT2D eigenvalue weighted by Crippen LogP contribution is 2.34. The van der Waals surface area contributed by atoms with Crippen LogP contribution >= 0.6 is 34.4 Å². The van der Waals surface area contributed by atoms with E-state index < -0.39 is 0 Å². The zero-order chi connectivity index (χ0) is 18.0. The number of hydrogen-bond acceptors (Lipinski definition) is 6. The van der Waals surface area contributed by atoms with Gasteiger partial charge < -0.3 is 5.32 Å². The number of aromatic nitrogens is 2. The molecule has 0 aliphatic rings. The Hall–Kier alpha value is -1.64. The number of nitrogens with zero attached hydrogens (tertiary/aromatic N) is 2. The Labute approximate surface area is 158 Å². The lowest BCUT2D eigenvalue weighted by Crippen LogP contribution is -2.29. The summed E-state index contributed by atoms with van der Waals surface area (Å²) >= 11 is 4.37. The molecule has 0 aromatic carbocycles. The first kappa shape index (κ1) is 18.2. The Morgan fingerprint density at radius 2 is 2.20 bits per heavy atom. The highest BCUT2D eigenvalue weighted by Gasteiger charge is 2.16. The van der Waals surface area contributed by atoms with Crippen LogP contribution in [-0.2, 0) is 11.8 Å². The average molecular weight is 394 g/mol. The summed E-state index contributed by atoms with van der Waals surface area (Å²) in [5.74, 6) is 0.620. The molecule has 0 atom stereocenters. The van der Waals surface area contributed by atoms with E-state index in [2.05, 4.69) is 24.1 Å². The van der Waals surface area contributed by atoms with Crippen LogP contribution in [0.1, 0.15) is 13.8 Å². The SMILES string of the molecule is CC(C)CNC(=O)CSc1nc2scc(-c3cccs3)c2c(=O)n1C. The van der Waals surface area contributed by atoms with Crippen LogP contribution in [0.5, 0.6) is 0 Å². The average Bonchev–Trinajstić information content (AvgIpc) is 3.23. The van der Waals surface area contributed by atoms with E-state index in [9.17, 15) is 9.59 Å². The van der Waals surface area contributed by atoms with Gasteiger partial charge in [-0.15, -0.1) is 22.7 Å². The Morgan fingerprint density at radius 3 is 2.88 bits per heavy atom. The Balaban J connectivity index is 1.85. The Morgan fingerprint density at radius 1 is 1.40 bits per heavy atom. The van der Waals surface area contributed by atoms with E-state index in [0.29, 0.717) is 23.0 Å². The maximum absolute atomic E-state index is 12.8. The maximum Gasteiger partial charge on any atom is 0.263 e. The molecule has 1 amide bonds. The molecule has 0 radical (unpaired) electrons. The summed E-state index contributed by atoms with van der Waals surface area (Å²) in [7, 11) is 1.71. The van der Waals surface area contributed by atoms with Gasteiger partial charge in [-0.1, -0.05) is 31.7 Å². The molecule has 3 rings (SSSR count). The van der Waals surface area contributed by atoms with Crippen molar-refractivity contribution in [1.82, 2.24) is 14.9 Å². The number of carbonyl (C=O) groups is 1. The number of fused-ring (bicyclic) bond motifs is 1. The molecule has 0 bridgehead atoms. The van der Waals surface area contributed by atoms with Crippen LogP contribution in [0, 0.1) is 5.92 Å². The summed E-state index contributed by atoms with van der Waals surface area (Å²) in [6.45, 7) is 4.75. The highest BCUT2D eigenvalue weighted by molar-refractivity contribution is 7.99. The molecular formula is C17H19N3O2S3. The van der Waals surface area contributed by atoms with Crippen LogP contribution in [0.2, 0.25) is 0 Å². The normalized spacial score (nSPS) is 11.4. The second-order valence-electron chi connectivity index (χ2n) is 6.05. The maximum atomic E-state index is 12.8. The quantitative estimate of drug-likeness (QED) is 0.513. The van der Waals surface area contributed by atoms with Gasteiger partial charge in [0.05, 0.1) is 11.1 Å². The van der Waals surface area contributed by atoms with Gasteiger partial charge in [0.2, 0.25) is 5.91 Å². The van der Waals surface area contributed by atoms with Crippen molar-refractivity contribution in [3.8, 4) is 10.4 Å². The molecule has 0 aliphatic heterocycles. The molecule has 1 N–H and O–H groups in total. The zero-order valence-electron chi connectivity index (χ0n) is 14.2. The number of thiophene rings is 2. The van der Waals surface area contributed by atoms with Crippen molar-refractivity contribution in [2.24, 2.45) is 13.0 Å². The standard InChI is InChI=1S/C17H19N3O2S3/c1-10(2)7-18-13(21)9-25-17-19-15-14(16(22)20(17)3)11(8-24-15)12-5-4-6-23-12/h4-6,8,10H,7,9H2,1-3H3,(H,18,21). The van der Waals surface area contributed by atoms with E-state index in [-0.39, 0.29) is 17.2 Å². The van der Waals surface area contributed by atoms with E-state index >= 15 is 0 Å². The second-order valence-corrected chi connectivity index (χ2v) is 8.80. The summed E-state index contributed by atoms with van der Waals surface area (Å²) in [6.07, 6.45) is 0. The monoisotopic (exact) mass is 393 g/mol. The molecule has 0 unspecified atom stereocenters. The minimum atomic E-state index is -0.0697. The first-order valence-corrected chi connectivity index (χ1v) is 10.6. The van der Waals surface area contributed by atoms with E-state index in [4.69, 9.17) is 0 Å². The molecule has 3 aromatic heterocycles. The molecule has 132 valence electrons. The van der Waals surface area contributed by atoms with E-state index in [1.807, 2.05) is 22.9 Å². The fourth-order valence-corrected chi connectivity index (χ4v) is 4.90. The van der Waals surface area contributed by atoms with Gasteiger partial charge >= 0.3 is 0 Å². The molecule has 0 spiro atoms. The predicted molar refractivity (Wildman–Crippen MR) is 107 cm³/mol. The van der Waals surface area contributed by atoms with Crippen LogP contribution in [0.4, 0.5) is 0 Å². The molecule has 3 aromatic rings. The number of rotatable bonds is 6. The predicted octanol–water partition coefficient (Wildman–Crippen LogP) is 3.59. The first-order chi connectivity index (χ1) is 12.0. The largest absolute Gasteiger partial charge is 0.355 e. The molecule has 0 aliphatic carbocycles. The van der Waals surface area contributed by atoms with Gasteiger partial charge in [0, 0.05) is 29.4 Å². The van der Waals surface area contributed by atoms with Crippen molar-refractivity contribution in [3.63, 3.8) is 0 Å². The fourth-order valence-electron chi connectivity index (χ4n) is 2.29. The van der Waals surface area contributed by atoms with E-state index in [1.54, 1.807) is 18.4 Å². The lowest BCUT2D eigenvalue weighted by Gasteiger charge is -2.09. The molecule has 3 heterocycles. The summed E-state index contributed by atoms with van der Waals surface area (Å²) < 4.78 is 1.53. The van der Waals surface area contributed by atoms with Crippen molar-refractivity contribution in [2.75, 3.05) is 12.3 Å². The summed E-state index contributed by atoms with van der Waals surface area (Å²) in [5, 5.41) is 8.08. The van der Waals surface area contributed by atoms with Crippen LogP contribution in [-0.4, -0.2) is 27.8 Å². The summed E-state index contributed by atoms with van der Waals surface area (Å²) in [5.41, 5.74) is 0.870. The van der Waals surface area contributed by atoms with E-state index in [1.165, 1.54) is 27.7 Å². The van der Waals surface area contributed by atoms with Crippen molar-refractivity contribution in [1.29, 1.82) is 0 Å². The van der Waals surface area contributed by atoms with Crippen LogP contribution in [0.3, 0.4) is 0 Å². The molecule has 0 saturated carbocycles. The summed E-state index contributed by atoms with van der Waals surface area (Å²) in [6, 6.07) is 3.98. The smallest absolute Gasteiger partial charge is 0.263 e. The number of amides is 1. The first-order valence-electron chi connectivity index (χ1n) is 7.89. The van der Waals surface area contributed by atoms with Crippen molar-refractivity contribution in [2.45, 2.75) is 19.0 Å². The minimum absolute atomic E-state index is 0.0431. The molecule has 8 heteroatoms. The van der Waals surface area contributed by atoms with Gasteiger partial charge in [-0.2, -0.15) is 0 Å². The third kappa shape index (κ3) is 3.96. The molecule has 25 heavy (non-hydrogen) atoms.